The number of nitrogens with zero attached hydrogens (tertiary/aromatic N) is 1. The smallest absolute Gasteiger partial charge is 0.255 e. The Labute approximate surface area is 220 Å². The first-order chi connectivity index (χ1) is 18.5. The molecule has 1 aromatic carbocycles. The highest BCUT2D eigenvalue weighted by Crippen LogP contribution is 2.32. The quantitative estimate of drug-likeness (QED) is 0.107. The van der Waals surface area contributed by atoms with E-state index in [2.05, 4.69) is 21.3 Å². The number of hydrogen-bond donors (Lipinski definition) is 4. The van der Waals surface area contributed by atoms with Crippen LogP contribution < -0.4 is 21.3 Å². The molecule has 0 aromatic heterocycles. The number of hydrogen-bond acceptors (Lipinski definition) is 9. The molecule has 4 N–H and O–H groups in total. The van der Waals surface area contributed by atoms with E-state index in [1.54, 1.807) is 18.2 Å². The van der Waals surface area contributed by atoms with Crippen molar-refractivity contribution in [2.24, 2.45) is 0 Å². The van der Waals surface area contributed by atoms with Gasteiger partial charge in [0.15, 0.2) is 0 Å². The van der Waals surface area contributed by atoms with Crippen molar-refractivity contribution in [2.45, 2.75) is 31.8 Å². The van der Waals surface area contributed by atoms with Gasteiger partial charge in [-0.2, -0.15) is 0 Å². The SMILES string of the molecule is O=CNCCOCCOCCOCCNCCC(=O)Nc1cccc2c1CN(C1CCC(=O)NC1=O)C2=O. The maximum atomic E-state index is 12.9. The summed E-state index contributed by atoms with van der Waals surface area (Å²) in [5.74, 6) is -1.29. The highest BCUT2D eigenvalue weighted by atomic mass is 16.5. The molecule has 0 saturated carbocycles. The lowest BCUT2D eigenvalue weighted by molar-refractivity contribution is -0.137. The fourth-order valence-electron chi connectivity index (χ4n) is 4.12. The first-order valence-electron chi connectivity index (χ1n) is 12.7. The molecule has 3 rings (SSSR count). The second kappa shape index (κ2) is 15.8. The molecule has 1 atom stereocenters. The largest absolute Gasteiger partial charge is 0.378 e. The summed E-state index contributed by atoms with van der Waals surface area (Å²) in [5.41, 5.74) is 1.66. The number of fused-ring (bicyclic) bond motifs is 1. The van der Waals surface area contributed by atoms with Crippen molar-refractivity contribution in [3.8, 4) is 0 Å². The molecule has 38 heavy (non-hydrogen) atoms. The predicted octanol–water partition coefficient (Wildman–Crippen LogP) is -0.838. The Morgan fingerprint density at radius 2 is 1.71 bits per heavy atom. The van der Waals surface area contributed by atoms with E-state index in [4.69, 9.17) is 14.2 Å². The van der Waals surface area contributed by atoms with Crippen molar-refractivity contribution in [1.82, 2.24) is 20.9 Å². The summed E-state index contributed by atoms with van der Waals surface area (Å²) in [6.45, 7) is 4.42. The number of benzene rings is 1. The van der Waals surface area contributed by atoms with Crippen LogP contribution in [0.2, 0.25) is 0 Å². The molecule has 5 amide bonds. The average molecular weight is 534 g/mol. The topological polar surface area (TPSA) is 164 Å². The molecule has 2 heterocycles. The van der Waals surface area contributed by atoms with E-state index in [9.17, 15) is 24.0 Å². The fourth-order valence-corrected chi connectivity index (χ4v) is 4.12. The molecular weight excluding hydrogens is 498 g/mol. The van der Waals surface area contributed by atoms with Crippen LogP contribution in [0.4, 0.5) is 5.69 Å². The minimum Gasteiger partial charge on any atom is -0.378 e. The van der Waals surface area contributed by atoms with Gasteiger partial charge < -0.3 is 35.1 Å². The molecule has 1 fully saturated rings. The van der Waals surface area contributed by atoms with E-state index < -0.39 is 11.9 Å². The Bertz CT molecular complexity index is 989. The van der Waals surface area contributed by atoms with E-state index in [1.807, 2.05) is 0 Å². The van der Waals surface area contributed by atoms with E-state index in [0.29, 0.717) is 82.5 Å². The summed E-state index contributed by atoms with van der Waals surface area (Å²) >= 11 is 0. The predicted molar refractivity (Wildman–Crippen MR) is 135 cm³/mol. The van der Waals surface area contributed by atoms with Crippen molar-refractivity contribution >= 4 is 35.7 Å². The molecule has 0 aliphatic carbocycles. The van der Waals surface area contributed by atoms with E-state index in [0.717, 1.165) is 0 Å². The van der Waals surface area contributed by atoms with Gasteiger partial charge >= 0.3 is 0 Å². The molecule has 2 aliphatic heterocycles. The van der Waals surface area contributed by atoms with E-state index in [1.165, 1.54) is 4.90 Å². The molecule has 13 nitrogen and oxygen atoms in total. The van der Waals surface area contributed by atoms with Crippen molar-refractivity contribution in [2.75, 3.05) is 64.6 Å². The van der Waals surface area contributed by atoms with Gasteiger partial charge in [0.1, 0.15) is 6.04 Å². The third kappa shape index (κ3) is 8.87. The molecule has 1 saturated heterocycles. The van der Waals surface area contributed by atoms with Crippen molar-refractivity contribution in [3.05, 3.63) is 29.3 Å². The number of anilines is 1. The Balaban J connectivity index is 1.27. The maximum absolute atomic E-state index is 12.9. The summed E-state index contributed by atoms with van der Waals surface area (Å²) in [6, 6.07) is 4.40. The van der Waals surface area contributed by atoms with Crippen LogP contribution in [0.5, 0.6) is 0 Å². The molecular formula is C25H35N5O8. The average Bonchev–Trinajstić information content (AvgIpc) is 3.23. The molecule has 0 bridgehead atoms. The third-order valence-electron chi connectivity index (χ3n) is 6.03. The molecule has 1 unspecified atom stereocenters. The second-order valence-electron chi connectivity index (χ2n) is 8.69. The van der Waals surface area contributed by atoms with Crippen LogP contribution in [0, 0.1) is 0 Å². The minimum absolute atomic E-state index is 0.185. The zero-order valence-corrected chi connectivity index (χ0v) is 21.3. The number of imide groups is 1. The summed E-state index contributed by atoms with van der Waals surface area (Å²) in [7, 11) is 0. The van der Waals surface area contributed by atoms with Crippen LogP contribution in [0.3, 0.4) is 0 Å². The number of carbonyl (C=O) groups is 5. The van der Waals surface area contributed by atoms with Crippen LogP contribution >= 0.6 is 0 Å². The summed E-state index contributed by atoms with van der Waals surface area (Å²) in [4.78, 5) is 60.6. The van der Waals surface area contributed by atoms with Gasteiger partial charge in [0, 0.05) is 55.8 Å². The van der Waals surface area contributed by atoms with Crippen LogP contribution in [-0.4, -0.2) is 100 Å². The van der Waals surface area contributed by atoms with Crippen molar-refractivity contribution < 1.29 is 38.2 Å². The van der Waals surface area contributed by atoms with Crippen molar-refractivity contribution in [1.29, 1.82) is 0 Å². The Morgan fingerprint density at radius 1 is 1.00 bits per heavy atom. The summed E-state index contributed by atoms with van der Waals surface area (Å²) < 4.78 is 16.1. The molecule has 0 spiro atoms. The molecule has 0 radical (unpaired) electrons. The van der Waals surface area contributed by atoms with Crippen LogP contribution in [-0.2, 0) is 39.9 Å². The molecule has 208 valence electrons. The highest BCUT2D eigenvalue weighted by molar-refractivity contribution is 6.06. The van der Waals surface area contributed by atoms with Crippen LogP contribution in [0.15, 0.2) is 18.2 Å². The first kappa shape index (κ1) is 29.2. The number of amides is 5. The third-order valence-corrected chi connectivity index (χ3v) is 6.03. The zero-order chi connectivity index (χ0) is 27.2. The van der Waals surface area contributed by atoms with Gasteiger partial charge in [-0.1, -0.05) is 6.07 Å². The molecule has 13 heteroatoms. The maximum Gasteiger partial charge on any atom is 0.255 e. The van der Waals surface area contributed by atoms with Gasteiger partial charge in [0.05, 0.1) is 39.6 Å². The number of ether oxygens (including phenoxy) is 3. The normalized spacial score (nSPS) is 16.8. The monoisotopic (exact) mass is 533 g/mol. The number of rotatable bonds is 18. The van der Waals surface area contributed by atoms with Gasteiger partial charge in [0.2, 0.25) is 24.1 Å². The first-order valence-corrected chi connectivity index (χ1v) is 12.7. The summed E-state index contributed by atoms with van der Waals surface area (Å²) in [6.07, 6.45) is 1.33. The van der Waals surface area contributed by atoms with E-state index >= 15 is 0 Å². The lowest BCUT2D eigenvalue weighted by Gasteiger charge is -2.29. The fraction of sp³-hybridized carbons (Fsp3) is 0.560. The van der Waals surface area contributed by atoms with E-state index in [-0.39, 0.29) is 43.5 Å². The van der Waals surface area contributed by atoms with Gasteiger partial charge in [-0.3, -0.25) is 29.3 Å². The Kier molecular flexibility index (Phi) is 12.1. The van der Waals surface area contributed by atoms with Gasteiger partial charge in [0.25, 0.3) is 5.91 Å². The van der Waals surface area contributed by atoms with Gasteiger partial charge in [-0.15, -0.1) is 0 Å². The van der Waals surface area contributed by atoms with Gasteiger partial charge in [-0.05, 0) is 18.6 Å². The molecule has 2 aliphatic rings. The highest BCUT2D eigenvalue weighted by Gasteiger charge is 2.39. The Morgan fingerprint density at radius 3 is 2.42 bits per heavy atom. The second-order valence-corrected chi connectivity index (χ2v) is 8.69. The standard InChI is InChI=1S/C25H35N5O8/c31-17-27-9-11-37-13-15-38-14-12-36-10-8-26-7-6-23(33)28-20-3-1-2-18-19(20)16-30(25(18)35)21-4-5-22(32)29-24(21)34/h1-3,17,21,26H,4-16H2,(H,27,31)(H,28,33)(H,29,32,34). The lowest BCUT2D eigenvalue weighted by atomic mass is 10.0. The Hall–Kier alpha value is -3.39. The number of carbonyl (C=O) groups excluding carboxylic acids is 5. The summed E-state index contributed by atoms with van der Waals surface area (Å²) in [5, 5.41) is 10.8. The van der Waals surface area contributed by atoms with Crippen LogP contribution in [0.1, 0.15) is 35.2 Å². The zero-order valence-electron chi connectivity index (χ0n) is 21.3. The number of piperidine rings is 1. The number of nitrogens with one attached hydrogen (secondary N) is 4. The molecule has 1 aromatic rings. The van der Waals surface area contributed by atoms with Gasteiger partial charge in [-0.25, -0.2) is 0 Å². The minimum atomic E-state index is -0.703. The lowest BCUT2D eigenvalue weighted by Crippen LogP contribution is -2.52. The van der Waals surface area contributed by atoms with Crippen LogP contribution in [0.25, 0.3) is 0 Å². The van der Waals surface area contributed by atoms with Crippen molar-refractivity contribution in [3.63, 3.8) is 0 Å².